The highest BCUT2D eigenvalue weighted by Crippen LogP contribution is 2.13. The van der Waals surface area contributed by atoms with Crippen LogP contribution in [0.1, 0.15) is 19.4 Å². The minimum absolute atomic E-state index is 0.108. The summed E-state index contributed by atoms with van der Waals surface area (Å²) in [5.74, 6) is -1.87. The van der Waals surface area contributed by atoms with Gasteiger partial charge in [0.1, 0.15) is 0 Å². The lowest BCUT2D eigenvalue weighted by Gasteiger charge is -2.16. The van der Waals surface area contributed by atoms with Crippen molar-refractivity contribution in [2.75, 3.05) is 6.54 Å². The van der Waals surface area contributed by atoms with Crippen molar-refractivity contribution < 1.29 is 18.3 Å². The lowest BCUT2D eigenvalue weighted by Crippen LogP contribution is -2.35. The normalized spacial score (nSPS) is 13.5. The van der Waals surface area contributed by atoms with E-state index in [1.165, 1.54) is 12.1 Å². The van der Waals surface area contributed by atoms with Crippen LogP contribution in [0.3, 0.4) is 0 Å². The van der Waals surface area contributed by atoms with E-state index in [0.29, 0.717) is 0 Å². The molecule has 0 saturated heterocycles. The standard InChI is InChI=1S/C13H19NO4S/c1-9(2)12(13(15)16)8-14-19(17,18)11-6-4-10(3)5-7-11/h4-7,9,12,14H,8H2,1-3H3,(H,15,16). The second kappa shape index (κ2) is 6.16. The summed E-state index contributed by atoms with van der Waals surface area (Å²) in [4.78, 5) is 11.1. The summed E-state index contributed by atoms with van der Waals surface area (Å²) in [5, 5.41) is 9.01. The maximum absolute atomic E-state index is 12.0. The Bertz CT molecular complexity index is 534. The first-order valence-corrected chi connectivity index (χ1v) is 7.51. The van der Waals surface area contributed by atoms with E-state index >= 15 is 0 Å². The van der Waals surface area contributed by atoms with Crippen molar-refractivity contribution in [3.63, 3.8) is 0 Å². The Morgan fingerprint density at radius 1 is 1.26 bits per heavy atom. The highest BCUT2D eigenvalue weighted by molar-refractivity contribution is 7.89. The smallest absolute Gasteiger partial charge is 0.308 e. The van der Waals surface area contributed by atoms with Crippen LogP contribution in [-0.2, 0) is 14.8 Å². The predicted octanol–water partition coefficient (Wildman–Crippen LogP) is 1.63. The molecule has 0 aliphatic heterocycles. The van der Waals surface area contributed by atoms with Gasteiger partial charge in [0.05, 0.1) is 10.8 Å². The minimum atomic E-state index is -3.65. The molecule has 0 amide bonds. The third-order valence-electron chi connectivity index (χ3n) is 2.95. The molecule has 0 aliphatic carbocycles. The molecule has 0 bridgehead atoms. The molecule has 0 spiro atoms. The molecule has 6 heteroatoms. The fraction of sp³-hybridized carbons (Fsp3) is 0.462. The Balaban J connectivity index is 2.80. The molecule has 0 radical (unpaired) electrons. The topological polar surface area (TPSA) is 83.5 Å². The number of benzene rings is 1. The summed E-state index contributed by atoms with van der Waals surface area (Å²) in [7, 11) is -3.65. The van der Waals surface area contributed by atoms with Gasteiger partial charge in [-0.3, -0.25) is 4.79 Å². The van der Waals surface area contributed by atoms with Crippen LogP contribution in [0.25, 0.3) is 0 Å². The van der Waals surface area contributed by atoms with E-state index in [-0.39, 0.29) is 17.4 Å². The van der Waals surface area contributed by atoms with Crippen LogP contribution in [0.4, 0.5) is 0 Å². The van der Waals surface area contributed by atoms with Gasteiger partial charge in [-0.1, -0.05) is 31.5 Å². The Hall–Kier alpha value is -1.40. The van der Waals surface area contributed by atoms with Crippen molar-refractivity contribution in [2.45, 2.75) is 25.7 Å². The van der Waals surface area contributed by atoms with Gasteiger partial charge in [-0.2, -0.15) is 0 Å². The highest BCUT2D eigenvalue weighted by Gasteiger charge is 2.24. The Morgan fingerprint density at radius 2 is 1.79 bits per heavy atom. The largest absolute Gasteiger partial charge is 0.481 e. The number of carboxylic acid groups (broad SMARTS) is 1. The van der Waals surface area contributed by atoms with Crippen molar-refractivity contribution >= 4 is 16.0 Å². The molecule has 2 N–H and O–H groups in total. The molecule has 5 nitrogen and oxygen atoms in total. The number of carboxylic acids is 1. The quantitative estimate of drug-likeness (QED) is 0.832. The maximum Gasteiger partial charge on any atom is 0.308 e. The zero-order chi connectivity index (χ0) is 14.6. The SMILES string of the molecule is Cc1ccc(S(=O)(=O)NCC(C(=O)O)C(C)C)cc1. The van der Waals surface area contributed by atoms with Crippen LogP contribution in [0.2, 0.25) is 0 Å². The van der Waals surface area contributed by atoms with Gasteiger partial charge in [-0.15, -0.1) is 0 Å². The first kappa shape index (κ1) is 15.7. The summed E-state index contributed by atoms with van der Waals surface area (Å²) in [6.45, 7) is 5.25. The molecule has 1 aromatic rings. The van der Waals surface area contributed by atoms with E-state index in [0.717, 1.165) is 5.56 Å². The number of carbonyl (C=O) groups is 1. The van der Waals surface area contributed by atoms with Crippen LogP contribution in [0.5, 0.6) is 0 Å². The molecule has 0 fully saturated rings. The number of aryl methyl sites for hydroxylation is 1. The molecule has 0 aliphatic rings. The average molecular weight is 285 g/mol. The van der Waals surface area contributed by atoms with Crippen molar-refractivity contribution in [1.29, 1.82) is 0 Å². The van der Waals surface area contributed by atoms with Crippen LogP contribution in [0.15, 0.2) is 29.2 Å². The molecule has 1 atom stereocenters. The number of rotatable bonds is 6. The van der Waals surface area contributed by atoms with Crippen molar-refractivity contribution in [3.8, 4) is 0 Å². The van der Waals surface area contributed by atoms with E-state index in [2.05, 4.69) is 4.72 Å². The van der Waals surface area contributed by atoms with Gasteiger partial charge in [0.2, 0.25) is 10.0 Å². The molecule has 1 unspecified atom stereocenters. The van der Waals surface area contributed by atoms with Gasteiger partial charge < -0.3 is 5.11 Å². The van der Waals surface area contributed by atoms with E-state index in [1.807, 2.05) is 6.92 Å². The molecule has 0 saturated carbocycles. The van der Waals surface area contributed by atoms with Crippen molar-refractivity contribution in [1.82, 2.24) is 4.72 Å². The lowest BCUT2D eigenvalue weighted by atomic mass is 9.97. The summed E-state index contributed by atoms with van der Waals surface area (Å²) in [6, 6.07) is 6.41. The van der Waals surface area contributed by atoms with Crippen LogP contribution >= 0.6 is 0 Å². The molecule has 1 rings (SSSR count). The third kappa shape index (κ3) is 4.33. The lowest BCUT2D eigenvalue weighted by molar-refractivity contribution is -0.142. The van der Waals surface area contributed by atoms with E-state index < -0.39 is 21.9 Å². The van der Waals surface area contributed by atoms with Crippen molar-refractivity contribution in [2.24, 2.45) is 11.8 Å². The highest BCUT2D eigenvalue weighted by atomic mass is 32.2. The summed E-state index contributed by atoms with van der Waals surface area (Å²) < 4.78 is 26.3. The Labute approximate surface area is 113 Å². The van der Waals surface area contributed by atoms with E-state index in [1.54, 1.807) is 26.0 Å². The monoisotopic (exact) mass is 285 g/mol. The predicted molar refractivity (Wildman–Crippen MR) is 72.3 cm³/mol. The summed E-state index contributed by atoms with van der Waals surface area (Å²) in [6.07, 6.45) is 0. The molecule has 0 heterocycles. The number of sulfonamides is 1. The second-order valence-electron chi connectivity index (χ2n) is 4.85. The fourth-order valence-electron chi connectivity index (χ4n) is 1.61. The molecule has 1 aromatic carbocycles. The Morgan fingerprint density at radius 3 is 2.21 bits per heavy atom. The fourth-order valence-corrected chi connectivity index (χ4v) is 2.67. The average Bonchev–Trinajstić information content (AvgIpc) is 2.28. The Kier molecular flexibility index (Phi) is 5.08. The van der Waals surface area contributed by atoms with Gasteiger partial charge in [-0.25, -0.2) is 13.1 Å². The third-order valence-corrected chi connectivity index (χ3v) is 4.39. The van der Waals surface area contributed by atoms with Gasteiger partial charge in [-0.05, 0) is 25.0 Å². The van der Waals surface area contributed by atoms with Crippen LogP contribution in [0, 0.1) is 18.8 Å². The molecule has 19 heavy (non-hydrogen) atoms. The summed E-state index contributed by atoms with van der Waals surface area (Å²) in [5.41, 5.74) is 0.963. The van der Waals surface area contributed by atoms with Gasteiger partial charge in [0.15, 0.2) is 0 Å². The first-order chi connectivity index (χ1) is 8.74. The zero-order valence-corrected chi connectivity index (χ0v) is 12.1. The van der Waals surface area contributed by atoms with Crippen LogP contribution in [-0.4, -0.2) is 26.0 Å². The van der Waals surface area contributed by atoms with Gasteiger partial charge in [0.25, 0.3) is 0 Å². The zero-order valence-electron chi connectivity index (χ0n) is 11.3. The number of aliphatic carboxylic acids is 1. The second-order valence-corrected chi connectivity index (χ2v) is 6.62. The van der Waals surface area contributed by atoms with Crippen LogP contribution < -0.4 is 4.72 Å². The number of hydrogen-bond acceptors (Lipinski definition) is 3. The molecular weight excluding hydrogens is 266 g/mol. The number of hydrogen-bond donors (Lipinski definition) is 2. The van der Waals surface area contributed by atoms with Crippen molar-refractivity contribution in [3.05, 3.63) is 29.8 Å². The van der Waals surface area contributed by atoms with Gasteiger partial charge in [0, 0.05) is 6.54 Å². The molecule has 0 aromatic heterocycles. The first-order valence-electron chi connectivity index (χ1n) is 6.03. The van der Waals surface area contributed by atoms with E-state index in [4.69, 9.17) is 5.11 Å². The molecule has 106 valence electrons. The van der Waals surface area contributed by atoms with E-state index in [9.17, 15) is 13.2 Å². The maximum atomic E-state index is 12.0. The van der Waals surface area contributed by atoms with Gasteiger partial charge >= 0.3 is 5.97 Å². The summed E-state index contributed by atoms with van der Waals surface area (Å²) >= 11 is 0. The minimum Gasteiger partial charge on any atom is -0.481 e. The number of nitrogens with one attached hydrogen (secondary N) is 1. The molecular formula is C13H19NO4S.